The van der Waals surface area contributed by atoms with Gasteiger partial charge in [0.15, 0.2) is 5.60 Å². The Kier molecular flexibility index (Phi) is 4.69. The number of amides is 3. The lowest BCUT2D eigenvalue weighted by Crippen LogP contribution is -2.54. The van der Waals surface area contributed by atoms with Gasteiger partial charge in [-0.05, 0) is 26.3 Å². The van der Waals surface area contributed by atoms with E-state index in [1.807, 2.05) is 51.1 Å². The van der Waals surface area contributed by atoms with E-state index < -0.39 is 5.60 Å². The number of nitrogens with zero attached hydrogens (tertiary/aromatic N) is 2. The summed E-state index contributed by atoms with van der Waals surface area (Å²) < 4.78 is 5.74. The summed E-state index contributed by atoms with van der Waals surface area (Å²) in [6.07, 6.45) is 0.785. The Morgan fingerprint density at radius 2 is 1.85 bits per heavy atom. The monoisotopic (exact) mass is 357 g/mol. The highest BCUT2D eigenvalue weighted by Crippen LogP contribution is 2.41. The van der Waals surface area contributed by atoms with Crippen LogP contribution in [0.3, 0.4) is 0 Å². The van der Waals surface area contributed by atoms with Crippen LogP contribution in [0.2, 0.25) is 0 Å². The molecule has 6 heteroatoms. The van der Waals surface area contributed by atoms with Gasteiger partial charge in [-0.1, -0.05) is 36.9 Å². The van der Waals surface area contributed by atoms with Gasteiger partial charge in [-0.3, -0.25) is 4.90 Å². The number of rotatable bonds is 2. The van der Waals surface area contributed by atoms with Crippen molar-refractivity contribution in [2.75, 3.05) is 13.1 Å². The van der Waals surface area contributed by atoms with Crippen LogP contribution in [0.25, 0.3) is 0 Å². The summed E-state index contributed by atoms with van der Waals surface area (Å²) in [6, 6.07) is 9.71. The predicted molar refractivity (Wildman–Crippen MR) is 99.4 cm³/mol. The largest absolute Gasteiger partial charge is 0.436 e. The first-order chi connectivity index (χ1) is 12.2. The molecule has 6 nitrogen and oxygen atoms in total. The molecule has 2 aliphatic heterocycles. The Morgan fingerprint density at radius 3 is 2.42 bits per heavy atom. The normalized spacial score (nSPS) is 19.7. The van der Waals surface area contributed by atoms with Crippen LogP contribution in [-0.4, -0.2) is 46.2 Å². The maximum absolute atomic E-state index is 12.4. The van der Waals surface area contributed by atoms with Gasteiger partial charge in [0.05, 0.1) is 12.2 Å². The van der Waals surface area contributed by atoms with Crippen LogP contribution >= 0.6 is 0 Å². The summed E-state index contributed by atoms with van der Waals surface area (Å²) in [5.41, 5.74) is 0.763. The lowest BCUT2D eigenvalue weighted by Gasteiger charge is -2.39. The van der Waals surface area contributed by atoms with E-state index in [-0.39, 0.29) is 17.7 Å². The third kappa shape index (κ3) is 3.69. The maximum atomic E-state index is 12.4. The molecule has 0 saturated carbocycles. The minimum atomic E-state index is -0.690. The molecule has 2 saturated heterocycles. The van der Waals surface area contributed by atoms with Gasteiger partial charge in [-0.2, -0.15) is 0 Å². The zero-order valence-corrected chi connectivity index (χ0v) is 15.7. The Morgan fingerprint density at radius 1 is 1.23 bits per heavy atom. The zero-order valence-electron chi connectivity index (χ0n) is 15.7. The minimum absolute atomic E-state index is 0.0802. The maximum Gasteiger partial charge on any atom is 0.415 e. The Labute approximate surface area is 154 Å². The molecule has 1 N–H and O–H groups in total. The number of piperidine rings is 1. The van der Waals surface area contributed by atoms with Crippen molar-refractivity contribution in [3.8, 4) is 0 Å². The van der Waals surface area contributed by atoms with Gasteiger partial charge in [0.1, 0.15) is 0 Å². The fourth-order valence-electron chi connectivity index (χ4n) is 3.42. The summed E-state index contributed by atoms with van der Waals surface area (Å²) in [5.74, 6) is 0. The highest BCUT2D eigenvalue weighted by Gasteiger charge is 2.50. The van der Waals surface area contributed by atoms with Gasteiger partial charge >= 0.3 is 12.1 Å². The summed E-state index contributed by atoms with van der Waals surface area (Å²) in [7, 11) is 0. The van der Waals surface area contributed by atoms with Gasteiger partial charge in [0, 0.05) is 31.5 Å². The molecule has 26 heavy (non-hydrogen) atoms. The van der Waals surface area contributed by atoms with E-state index in [4.69, 9.17) is 4.74 Å². The van der Waals surface area contributed by atoms with Crippen molar-refractivity contribution in [2.45, 2.75) is 51.3 Å². The van der Waals surface area contributed by atoms with E-state index in [0.717, 1.165) is 5.56 Å². The quantitative estimate of drug-likeness (QED) is 0.881. The highest BCUT2D eigenvalue weighted by molar-refractivity contribution is 5.76. The number of carbonyl (C=O) groups excluding carboxylic acids is 2. The Bertz CT molecular complexity index is 701. The van der Waals surface area contributed by atoms with Gasteiger partial charge < -0.3 is 15.0 Å². The summed E-state index contributed by atoms with van der Waals surface area (Å²) in [4.78, 5) is 28.1. The smallest absolute Gasteiger partial charge is 0.415 e. The number of hydrogen-bond acceptors (Lipinski definition) is 3. The van der Waals surface area contributed by atoms with E-state index >= 15 is 0 Å². The SMILES string of the molecule is C=C1N(Cc2ccccc2)C(=O)OC12CCN(C(=O)NC(C)(C)C)CC2. The molecule has 0 aromatic heterocycles. The van der Waals surface area contributed by atoms with Crippen molar-refractivity contribution in [2.24, 2.45) is 0 Å². The van der Waals surface area contributed by atoms with Crippen molar-refractivity contribution < 1.29 is 14.3 Å². The van der Waals surface area contributed by atoms with Crippen molar-refractivity contribution >= 4 is 12.1 Å². The average Bonchev–Trinajstić information content (AvgIpc) is 2.79. The third-order valence-corrected chi connectivity index (χ3v) is 4.88. The molecule has 0 aliphatic carbocycles. The van der Waals surface area contributed by atoms with Gasteiger partial charge in [-0.15, -0.1) is 0 Å². The highest BCUT2D eigenvalue weighted by atomic mass is 16.6. The molecule has 0 atom stereocenters. The first kappa shape index (κ1) is 18.3. The van der Waals surface area contributed by atoms with Crippen molar-refractivity contribution in [1.82, 2.24) is 15.1 Å². The van der Waals surface area contributed by atoms with Crippen LogP contribution in [0.15, 0.2) is 42.6 Å². The molecule has 1 aromatic carbocycles. The minimum Gasteiger partial charge on any atom is -0.436 e. The molecule has 1 spiro atoms. The average molecular weight is 357 g/mol. The summed E-state index contributed by atoms with van der Waals surface area (Å²) in [5, 5.41) is 2.98. The molecule has 2 aliphatic rings. The first-order valence-electron chi connectivity index (χ1n) is 9.01. The number of benzene rings is 1. The summed E-state index contributed by atoms with van der Waals surface area (Å²) in [6.45, 7) is 11.5. The zero-order chi connectivity index (χ0) is 18.9. The number of likely N-dealkylation sites (tertiary alicyclic amines) is 1. The van der Waals surface area contributed by atoms with Gasteiger partial charge in [-0.25, -0.2) is 9.59 Å². The molecular formula is C20H27N3O3. The van der Waals surface area contributed by atoms with Crippen molar-refractivity contribution in [3.05, 3.63) is 48.2 Å². The third-order valence-electron chi connectivity index (χ3n) is 4.88. The van der Waals surface area contributed by atoms with E-state index in [1.165, 1.54) is 0 Å². The summed E-state index contributed by atoms with van der Waals surface area (Å²) >= 11 is 0. The molecule has 2 fully saturated rings. The molecule has 3 amide bonds. The van der Waals surface area contributed by atoms with Crippen LogP contribution in [0.5, 0.6) is 0 Å². The van der Waals surface area contributed by atoms with Gasteiger partial charge in [0.2, 0.25) is 0 Å². The fraction of sp³-hybridized carbons (Fsp3) is 0.500. The molecule has 3 rings (SSSR count). The molecule has 0 unspecified atom stereocenters. The fourth-order valence-corrected chi connectivity index (χ4v) is 3.42. The second kappa shape index (κ2) is 6.67. The number of hydrogen-bond donors (Lipinski definition) is 1. The molecule has 0 radical (unpaired) electrons. The van der Waals surface area contributed by atoms with Crippen molar-refractivity contribution in [3.63, 3.8) is 0 Å². The van der Waals surface area contributed by atoms with Crippen molar-refractivity contribution in [1.29, 1.82) is 0 Å². The van der Waals surface area contributed by atoms with Crippen LogP contribution in [-0.2, 0) is 11.3 Å². The van der Waals surface area contributed by atoms with E-state index in [2.05, 4.69) is 11.9 Å². The second-order valence-electron chi connectivity index (χ2n) is 8.05. The Balaban J connectivity index is 1.64. The van der Waals surface area contributed by atoms with Crippen LogP contribution in [0.4, 0.5) is 9.59 Å². The van der Waals surface area contributed by atoms with E-state index in [9.17, 15) is 9.59 Å². The van der Waals surface area contributed by atoms with Crippen LogP contribution in [0.1, 0.15) is 39.2 Å². The molecule has 140 valence electrons. The van der Waals surface area contributed by atoms with Crippen LogP contribution in [0, 0.1) is 0 Å². The second-order valence-corrected chi connectivity index (χ2v) is 8.05. The van der Waals surface area contributed by atoms with E-state index in [0.29, 0.717) is 38.2 Å². The number of carbonyl (C=O) groups is 2. The topological polar surface area (TPSA) is 61.9 Å². The number of nitrogens with one attached hydrogen (secondary N) is 1. The van der Waals surface area contributed by atoms with Crippen LogP contribution < -0.4 is 5.32 Å². The van der Waals surface area contributed by atoms with E-state index in [1.54, 1.807) is 9.80 Å². The standard InChI is InChI=1S/C20H27N3O3/c1-15-20(10-12-22(13-11-20)17(24)21-19(2,3)4)26-18(25)23(15)14-16-8-6-5-7-9-16/h5-9H,1,10-14H2,2-4H3,(H,21,24). The number of urea groups is 1. The van der Waals surface area contributed by atoms with Gasteiger partial charge in [0.25, 0.3) is 0 Å². The molecule has 0 bridgehead atoms. The lowest BCUT2D eigenvalue weighted by atomic mass is 9.88. The molecule has 2 heterocycles. The first-order valence-corrected chi connectivity index (χ1v) is 9.01. The predicted octanol–water partition coefficient (Wildman–Crippen LogP) is 3.50. The lowest BCUT2D eigenvalue weighted by molar-refractivity contribution is 0.0230. The Hall–Kier alpha value is -2.50. The number of ether oxygens (including phenoxy) is 1. The molecular weight excluding hydrogens is 330 g/mol. The molecule has 1 aromatic rings.